The molecule has 0 spiro atoms. The van der Waals surface area contributed by atoms with E-state index in [2.05, 4.69) is 10.2 Å². The molecule has 1 aliphatic rings. The van der Waals surface area contributed by atoms with E-state index in [1.165, 1.54) is 11.4 Å². The van der Waals surface area contributed by atoms with Crippen LogP contribution in [-0.4, -0.2) is 53.8 Å². The number of aryl methyl sites for hydroxylation is 1. The third kappa shape index (κ3) is 2.40. The van der Waals surface area contributed by atoms with Gasteiger partial charge in [0.25, 0.3) is 10.0 Å². The van der Waals surface area contributed by atoms with Gasteiger partial charge in [0, 0.05) is 24.9 Å². The van der Waals surface area contributed by atoms with Crippen LogP contribution in [0.25, 0.3) is 0 Å². The van der Waals surface area contributed by atoms with E-state index >= 15 is 0 Å². The number of aliphatic hydroxyl groups is 1. The molecule has 108 valence electrons. The van der Waals surface area contributed by atoms with Crippen LogP contribution in [0.5, 0.6) is 0 Å². The highest BCUT2D eigenvalue weighted by Crippen LogP contribution is 2.26. The number of H-pyrrole nitrogens is 1. The predicted molar refractivity (Wildman–Crippen MR) is 68.0 cm³/mol. The summed E-state index contributed by atoms with van der Waals surface area (Å²) in [5.74, 6) is 0. The largest absolute Gasteiger partial charge is 0.392 e. The van der Waals surface area contributed by atoms with Gasteiger partial charge in [0.05, 0.1) is 18.8 Å². The highest BCUT2D eigenvalue weighted by atomic mass is 32.2. The molecule has 0 bridgehead atoms. The summed E-state index contributed by atoms with van der Waals surface area (Å²) in [7, 11) is -2.20. The number of nitrogens with zero attached hydrogens (tertiary/aromatic N) is 2. The first-order chi connectivity index (χ1) is 8.89. The van der Waals surface area contributed by atoms with E-state index in [0.29, 0.717) is 24.3 Å². The van der Waals surface area contributed by atoms with Gasteiger partial charge in [-0.15, -0.1) is 0 Å². The lowest BCUT2D eigenvalue weighted by molar-refractivity contribution is 0.102. The van der Waals surface area contributed by atoms with E-state index in [-0.39, 0.29) is 23.8 Å². The Morgan fingerprint density at radius 2 is 2.26 bits per heavy atom. The van der Waals surface area contributed by atoms with Gasteiger partial charge in [-0.2, -0.15) is 9.40 Å². The maximum Gasteiger partial charge on any atom is 0.262 e. The maximum atomic E-state index is 12.5. The van der Waals surface area contributed by atoms with Crippen molar-refractivity contribution in [1.82, 2.24) is 14.5 Å². The molecular formula is C11H19N3O4S. The van der Waals surface area contributed by atoms with Crippen LogP contribution in [0.2, 0.25) is 0 Å². The van der Waals surface area contributed by atoms with Gasteiger partial charge in [-0.25, -0.2) is 8.42 Å². The van der Waals surface area contributed by atoms with Gasteiger partial charge in [-0.3, -0.25) is 5.10 Å². The molecule has 0 aromatic carbocycles. The number of sulfonamides is 1. The second-order valence-electron chi connectivity index (χ2n) is 4.74. The van der Waals surface area contributed by atoms with Crippen LogP contribution < -0.4 is 0 Å². The van der Waals surface area contributed by atoms with E-state index in [4.69, 9.17) is 4.74 Å². The third-order valence-corrected chi connectivity index (χ3v) is 5.48. The molecule has 2 heterocycles. The summed E-state index contributed by atoms with van der Waals surface area (Å²) in [5, 5.41) is 15.6. The molecule has 0 aliphatic carbocycles. The number of aromatic amines is 1. The number of aliphatic hydroxyl groups excluding tert-OH is 1. The highest BCUT2D eigenvalue weighted by molar-refractivity contribution is 7.89. The quantitative estimate of drug-likeness (QED) is 0.814. The van der Waals surface area contributed by atoms with Crippen molar-refractivity contribution in [3.05, 3.63) is 11.3 Å². The second-order valence-corrected chi connectivity index (χ2v) is 6.66. The van der Waals surface area contributed by atoms with Crippen LogP contribution in [-0.2, 0) is 21.4 Å². The van der Waals surface area contributed by atoms with Crippen molar-refractivity contribution in [2.24, 2.45) is 0 Å². The van der Waals surface area contributed by atoms with Gasteiger partial charge in [-0.1, -0.05) is 0 Å². The lowest BCUT2D eigenvalue weighted by Gasteiger charge is -2.25. The number of ether oxygens (including phenoxy) is 1. The average Bonchev–Trinajstić information content (AvgIpc) is 2.94. The van der Waals surface area contributed by atoms with Crippen molar-refractivity contribution in [3.8, 4) is 0 Å². The van der Waals surface area contributed by atoms with Crippen molar-refractivity contribution >= 4 is 10.0 Å². The Bertz CT molecular complexity index is 554. The molecule has 0 amide bonds. The zero-order valence-electron chi connectivity index (χ0n) is 11.3. The molecule has 1 aromatic heterocycles. The minimum Gasteiger partial charge on any atom is -0.392 e. The number of rotatable bonds is 4. The second kappa shape index (κ2) is 5.20. The highest BCUT2D eigenvalue weighted by Gasteiger charge is 2.37. The zero-order valence-corrected chi connectivity index (χ0v) is 12.1. The molecule has 7 nitrogen and oxygen atoms in total. The van der Waals surface area contributed by atoms with E-state index in [1.54, 1.807) is 6.92 Å². The van der Waals surface area contributed by atoms with Gasteiger partial charge in [0.1, 0.15) is 0 Å². The van der Waals surface area contributed by atoms with E-state index in [1.807, 2.05) is 6.92 Å². The Labute approximate surface area is 112 Å². The Kier molecular flexibility index (Phi) is 3.95. The van der Waals surface area contributed by atoms with Crippen LogP contribution >= 0.6 is 0 Å². The molecule has 1 saturated heterocycles. The van der Waals surface area contributed by atoms with Gasteiger partial charge in [0.15, 0.2) is 5.03 Å². The molecule has 0 saturated carbocycles. The molecule has 19 heavy (non-hydrogen) atoms. The fourth-order valence-electron chi connectivity index (χ4n) is 2.34. The molecule has 0 radical (unpaired) electrons. The van der Waals surface area contributed by atoms with Crippen molar-refractivity contribution in [3.63, 3.8) is 0 Å². The van der Waals surface area contributed by atoms with Crippen molar-refractivity contribution < 1.29 is 18.3 Å². The molecule has 2 unspecified atom stereocenters. The van der Waals surface area contributed by atoms with Crippen LogP contribution in [0.4, 0.5) is 0 Å². The first-order valence-electron chi connectivity index (χ1n) is 6.14. The molecule has 2 atom stereocenters. The van der Waals surface area contributed by atoms with Crippen molar-refractivity contribution in [1.29, 1.82) is 0 Å². The standard InChI is InChI=1S/C11H19N3O4S/c1-7-9(6-15)11(13-12-7)19(16,17)14(3)10-4-5-18-8(10)2/h8,10,15H,4-6H2,1-3H3,(H,12,13). The Morgan fingerprint density at radius 3 is 2.79 bits per heavy atom. The van der Waals surface area contributed by atoms with Crippen molar-refractivity contribution in [2.45, 2.75) is 44.0 Å². The molecule has 1 fully saturated rings. The molecular weight excluding hydrogens is 270 g/mol. The Balaban J connectivity index is 2.36. The Morgan fingerprint density at radius 1 is 1.58 bits per heavy atom. The minimum absolute atomic E-state index is 0.103. The Hall–Kier alpha value is -0.960. The number of nitrogens with one attached hydrogen (secondary N) is 1. The number of hydrogen-bond donors (Lipinski definition) is 2. The van der Waals surface area contributed by atoms with Crippen LogP contribution in [0, 0.1) is 6.92 Å². The zero-order chi connectivity index (χ0) is 14.2. The van der Waals surface area contributed by atoms with Crippen molar-refractivity contribution in [2.75, 3.05) is 13.7 Å². The summed E-state index contributed by atoms with van der Waals surface area (Å²) in [6, 6.07) is -0.200. The number of likely N-dealkylation sites (N-methyl/N-ethyl adjacent to an activating group) is 1. The minimum atomic E-state index is -3.73. The summed E-state index contributed by atoms with van der Waals surface area (Å²) in [5.41, 5.74) is 0.878. The molecule has 8 heteroatoms. The van der Waals surface area contributed by atoms with Crippen LogP contribution in [0.15, 0.2) is 5.03 Å². The summed E-state index contributed by atoms with van der Waals surface area (Å²) in [6.07, 6.45) is 0.520. The van der Waals surface area contributed by atoms with Crippen LogP contribution in [0.1, 0.15) is 24.6 Å². The van der Waals surface area contributed by atoms with Gasteiger partial charge in [0.2, 0.25) is 0 Å². The fraction of sp³-hybridized carbons (Fsp3) is 0.727. The van der Waals surface area contributed by atoms with Gasteiger partial charge in [-0.05, 0) is 20.3 Å². The molecule has 1 aliphatic heterocycles. The van der Waals surface area contributed by atoms with E-state index < -0.39 is 10.0 Å². The topological polar surface area (TPSA) is 95.5 Å². The summed E-state index contributed by atoms with van der Waals surface area (Å²) >= 11 is 0. The number of aromatic nitrogens is 2. The molecule has 1 aromatic rings. The fourth-order valence-corrected chi connectivity index (χ4v) is 3.94. The molecule has 2 rings (SSSR count). The van der Waals surface area contributed by atoms with Crippen LogP contribution in [0.3, 0.4) is 0 Å². The third-order valence-electron chi connectivity index (χ3n) is 3.62. The monoisotopic (exact) mass is 289 g/mol. The van der Waals surface area contributed by atoms with E-state index in [9.17, 15) is 13.5 Å². The normalized spacial score (nSPS) is 24.3. The maximum absolute atomic E-state index is 12.5. The smallest absolute Gasteiger partial charge is 0.262 e. The predicted octanol–water partition coefficient (Wildman–Crippen LogP) is 0.00832. The number of hydrogen-bond acceptors (Lipinski definition) is 5. The van der Waals surface area contributed by atoms with Gasteiger partial charge < -0.3 is 9.84 Å². The lowest BCUT2D eigenvalue weighted by atomic mass is 10.2. The first-order valence-corrected chi connectivity index (χ1v) is 7.58. The first kappa shape index (κ1) is 14.4. The van der Waals surface area contributed by atoms with Gasteiger partial charge >= 0.3 is 0 Å². The molecule has 2 N–H and O–H groups in total. The summed E-state index contributed by atoms with van der Waals surface area (Å²) in [4.78, 5) is 0. The summed E-state index contributed by atoms with van der Waals surface area (Å²) < 4.78 is 31.8. The lowest BCUT2D eigenvalue weighted by Crippen LogP contribution is -2.41. The average molecular weight is 289 g/mol. The summed E-state index contributed by atoms with van der Waals surface area (Å²) in [6.45, 7) is 3.73. The van der Waals surface area contributed by atoms with E-state index in [0.717, 1.165) is 0 Å². The SMILES string of the molecule is Cc1[nH]nc(S(=O)(=O)N(C)C2CCOC2C)c1CO.